The molecule has 2 rings (SSSR count). The van der Waals surface area contributed by atoms with Gasteiger partial charge in [0.15, 0.2) is 0 Å². The number of carbonyl (C=O) groups is 1. The summed E-state index contributed by atoms with van der Waals surface area (Å²) in [5.41, 5.74) is 6.56. The second-order valence-electron chi connectivity index (χ2n) is 4.70. The van der Waals surface area contributed by atoms with Crippen molar-refractivity contribution in [2.45, 2.75) is 31.7 Å². The van der Waals surface area contributed by atoms with Crippen molar-refractivity contribution in [2.75, 3.05) is 5.32 Å². The van der Waals surface area contributed by atoms with Gasteiger partial charge in [-0.15, -0.1) is 0 Å². The number of amides is 1. The van der Waals surface area contributed by atoms with E-state index in [1.54, 1.807) is 6.07 Å². The number of hydrogen-bond acceptors (Lipinski definition) is 2. The van der Waals surface area contributed by atoms with Gasteiger partial charge in [-0.25, -0.2) is 0 Å². The summed E-state index contributed by atoms with van der Waals surface area (Å²) in [4.78, 5) is 12.1. The van der Waals surface area contributed by atoms with Crippen LogP contribution in [0.15, 0.2) is 22.7 Å². The maximum atomic E-state index is 12.1. The van der Waals surface area contributed by atoms with Crippen molar-refractivity contribution in [1.82, 2.24) is 0 Å². The normalized spacial score (nSPS) is 23.7. The Morgan fingerprint density at radius 3 is 2.67 bits per heavy atom. The third-order valence-corrected chi connectivity index (χ3v) is 4.75. The van der Waals surface area contributed by atoms with Crippen molar-refractivity contribution >= 4 is 39.1 Å². The first kappa shape index (κ1) is 13.8. The highest BCUT2D eigenvalue weighted by atomic mass is 79.9. The minimum atomic E-state index is 0.0601. The highest BCUT2D eigenvalue weighted by Gasteiger charge is 2.24. The number of anilines is 1. The molecule has 0 spiro atoms. The Bertz CT molecular complexity index is 445. The van der Waals surface area contributed by atoms with Crippen LogP contribution in [0.3, 0.4) is 0 Å². The Hall–Kier alpha value is -0.580. The summed E-state index contributed by atoms with van der Waals surface area (Å²) in [6.45, 7) is 0. The van der Waals surface area contributed by atoms with Crippen LogP contribution in [0.5, 0.6) is 0 Å². The van der Waals surface area contributed by atoms with E-state index in [2.05, 4.69) is 21.2 Å². The molecule has 0 aromatic heterocycles. The first-order chi connectivity index (χ1) is 8.58. The van der Waals surface area contributed by atoms with E-state index in [1.165, 1.54) is 0 Å². The minimum Gasteiger partial charge on any atom is -0.328 e. The predicted molar refractivity (Wildman–Crippen MR) is 77.7 cm³/mol. The van der Waals surface area contributed by atoms with Crippen LogP contribution in [0.2, 0.25) is 5.02 Å². The predicted octanol–water partition coefficient (Wildman–Crippen LogP) is 3.56. The van der Waals surface area contributed by atoms with Crippen LogP contribution in [-0.2, 0) is 4.79 Å². The molecule has 1 aromatic rings. The van der Waals surface area contributed by atoms with Gasteiger partial charge in [-0.05, 0) is 53.7 Å². The fourth-order valence-electron chi connectivity index (χ4n) is 2.22. The Morgan fingerprint density at radius 2 is 2.00 bits per heavy atom. The van der Waals surface area contributed by atoms with Crippen LogP contribution >= 0.6 is 27.5 Å². The van der Waals surface area contributed by atoms with E-state index in [1.807, 2.05) is 12.1 Å². The molecular formula is C13H16BrClN2O. The van der Waals surface area contributed by atoms with Gasteiger partial charge < -0.3 is 11.1 Å². The van der Waals surface area contributed by atoms with Crippen LogP contribution in [0.25, 0.3) is 0 Å². The molecule has 1 saturated carbocycles. The van der Waals surface area contributed by atoms with Gasteiger partial charge in [0.1, 0.15) is 0 Å². The van der Waals surface area contributed by atoms with Crippen molar-refractivity contribution in [3.63, 3.8) is 0 Å². The third kappa shape index (κ3) is 3.25. The molecule has 98 valence electrons. The molecule has 3 nitrogen and oxygen atoms in total. The van der Waals surface area contributed by atoms with E-state index in [-0.39, 0.29) is 17.9 Å². The molecule has 0 heterocycles. The topological polar surface area (TPSA) is 55.1 Å². The molecule has 0 saturated heterocycles. The van der Waals surface area contributed by atoms with Crippen molar-refractivity contribution in [2.24, 2.45) is 11.7 Å². The zero-order chi connectivity index (χ0) is 13.1. The van der Waals surface area contributed by atoms with E-state index in [4.69, 9.17) is 17.3 Å². The molecule has 0 unspecified atom stereocenters. The lowest BCUT2D eigenvalue weighted by Gasteiger charge is -2.25. The van der Waals surface area contributed by atoms with Gasteiger partial charge in [0, 0.05) is 12.0 Å². The van der Waals surface area contributed by atoms with Crippen molar-refractivity contribution in [3.05, 3.63) is 27.7 Å². The molecule has 0 atom stereocenters. The highest BCUT2D eigenvalue weighted by molar-refractivity contribution is 9.10. The quantitative estimate of drug-likeness (QED) is 0.870. The van der Waals surface area contributed by atoms with Gasteiger partial charge in [0.05, 0.1) is 15.2 Å². The van der Waals surface area contributed by atoms with Crippen LogP contribution < -0.4 is 11.1 Å². The molecule has 3 N–H and O–H groups in total. The third-order valence-electron chi connectivity index (χ3n) is 3.35. The maximum absolute atomic E-state index is 12.1. The van der Waals surface area contributed by atoms with Gasteiger partial charge in [-0.3, -0.25) is 4.79 Å². The SMILES string of the molecule is NC1CCC(C(=O)Nc2cccc(Cl)c2Br)CC1. The standard InChI is InChI=1S/C13H16BrClN2O/c14-12-10(15)2-1-3-11(12)17-13(18)8-4-6-9(16)7-5-8/h1-3,8-9H,4-7,16H2,(H,17,18). The molecule has 0 radical (unpaired) electrons. The van der Waals surface area contributed by atoms with Crippen molar-refractivity contribution in [1.29, 1.82) is 0 Å². The molecule has 1 aromatic carbocycles. The number of hydrogen-bond donors (Lipinski definition) is 2. The van der Waals surface area contributed by atoms with E-state index in [9.17, 15) is 4.79 Å². The second kappa shape index (κ2) is 6.04. The Kier molecular flexibility index (Phi) is 4.65. The number of halogens is 2. The summed E-state index contributed by atoms with van der Waals surface area (Å²) in [7, 11) is 0. The molecule has 1 fully saturated rings. The van der Waals surface area contributed by atoms with Crippen molar-refractivity contribution < 1.29 is 4.79 Å². The summed E-state index contributed by atoms with van der Waals surface area (Å²) in [6, 6.07) is 5.69. The summed E-state index contributed by atoms with van der Waals surface area (Å²) in [6.07, 6.45) is 3.58. The molecule has 18 heavy (non-hydrogen) atoms. The fraction of sp³-hybridized carbons (Fsp3) is 0.462. The summed E-state index contributed by atoms with van der Waals surface area (Å²) in [5.74, 6) is 0.126. The summed E-state index contributed by atoms with van der Waals surface area (Å²) >= 11 is 9.36. The second-order valence-corrected chi connectivity index (χ2v) is 5.90. The lowest BCUT2D eigenvalue weighted by Crippen LogP contribution is -2.32. The smallest absolute Gasteiger partial charge is 0.227 e. The summed E-state index contributed by atoms with van der Waals surface area (Å²) < 4.78 is 0.729. The average molecular weight is 332 g/mol. The molecule has 1 aliphatic carbocycles. The van der Waals surface area contributed by atoms with Gasteiger partial charge in [-0.1, -0.05) is 17.7 Å². The molecule has 0 bridgehead atoms. The van der Waals surface area contributed by atoms with Crippen LogP contribution in [0.4, 0.5) is 5.69 Å². The maximum Gasteiger partial charge on any atom is 0.227 e. The number of carbonyl (C=O) groups excluding carboxylic acids is 1. The van der Waals surface area contributed by atoms with E-state index in [0.717, 1.165) is 35.8 Å². The van der Waals surface area contributed by atoms with Crippen LogP contribution in [-0.4, -0.2) is 11.9 Å². The number of nitrogens with one attached hydrogen (secondary N) is 1. The lowest BCUT2D eigenvalue weighted by atomic mass is 9.86. The number of nitrogens with two attached hydrogens (primary N) is 1. The molecule has 1 aliphatic rings. The fourth-order valence-corrected chi connectivity index (χ4v) is 2.75. The molecule has 0 aliphatic heterocycles. The minimum absolute atomic E-state index is 0.0601. The van der Waals surface area contributed by atoms with Crippen molar-refractivity contribution in [3.8, 4) is 0 Å². The van der Waals surface area contributed by atoms with Crippen LogP contribution in [0, 0.1) is 5.92 Å². The number of benzene rings is 1. The molecule has 1 amide bonds. The first-order valence-corrected chi connectivity index (χ1v) is 7.25. The zero-order valence-corrected chi connectivity index (χ0v) is 12.3. The number of rotatable bonds is 2. The van der Waals surface area contributed by atoms with Gasteiger partial charge in [-0.2, -0.15) is 0 Å². The van der Waals surface area contributed by atoms with E-state index < -0.39 is 0 Å². The average Bonchev–Trinajstić information content (AvgIpc) is 2.36. The van der Waals surface area contributed by atoms with Gasteiger partial charge in [0.25, 0.3) is 0 Å². The molecule has 5 heteroatoms. The molecular weight excluding hydrogens is 316 g/mol. The van der Waals surface area contributed by atoms with E-state index >= 15 is 0 Å². The Balaban J connectivity index is 2.01. The van der Waals surface area contributed by atoms with Crippen LogP contribution in [0.1, 0.15) is 25.7 Å². The zero-order valence-electron chi connectivity index (χ0n) is 9.96. The van der Waals surface area contributed by atoms with Gasteiger partial charge in [0.2, 0.25) is 5.91 Å². The van der Waals surface area contributed by atoms with Gasteiger partial charge >= 0.3 is 0 Å². The first-order valence-electron chi connectivity index (χ1n) is 6.08. The highest BCUT2D eigenvalue weighted by Crippen LogP contribution is 2.31. The monoisotopic (exact) mass is 330 g/mol. The van der Waals surface area contributed by atoms with E-state index in [0.29, 0.717) is 5.02 Å². The largest absolute Gasteiger partial charge is 0.328 e. The lowest BCUT2D eigenvalue weighted by molar-refractivity contribution is -0.120. The Morgan fingerprint density at radius 1 is 1.33 bits per heavy atom. The summed E-state index contributed by atoms with van der Waals surface area (Å²) in [5, 5.41) is 3.52. The Labute approximate surface area is 120 Å².